The second kappa shape index (κ2) is 6.90. The fourth-order valence-corrected chi connectivity index (χ4v) is 1.60. The van der Waals surface area contributed by atoms with E-state index in [0.29, 0.717) is 0 Å². The van der Waals surface area contributed by atoms with E-state index in [9.17, 15) is 5.11 Å². The third kappa shape index (κ3) is 5.64. The van der Waals surface area contributed by atoms with Crippen LogP contribution in [0.1, 0.15) is 44.9 Å². The second-order valence-electron chi connectivity index (χ2n) is 3.74. The summed E-state index contributed by atoms with van der Waals surface area (Å²) in [5.74, 6) is 0. The van der Waals surface area contributed by atoms with E-state index < -0.39 is 0 Å². The van der Waals surface area contributed by atoms with Crippen molar-refractivity contribution in [3.8, 4) is 0 Å². The molecule has 0 radical (unpaired) electrons. The molecule has 0 aromatic heterocycles. The molecule has 0 heterocycles. The minimum atomic E-state index is -0.121. The molecular formula is C12H20O. The summed E-state index contributed by atoms with van der Waals surface area (Å²) >= 11 is 0. The molecule has 0 saturated carbocycles. The van der Waals surface area contributed by atoms with Crippen molar-refractivity contribution in [1.29, 1.82) is 0 Å². The molecule has 0 aromatic rings. The maximum atomic E-state index is 9.52. The van der Waals surface area contributed by atoms with Crippen molar-refractivity contribution >= 4 is 0 Å². The Morgan fingerprint density at radius 1 is 0.923 bits per heavy atom. The van der Waals surface area contributed by atoms with Gasteiger partial charge in [-0.1, -0.05) is 43.6 Å². The molecule has 0 bridgehead atoms. The molecule has 0 amide bonds. The van der Waals surface area contributed by atoms with Gasteiger partial charge in [0.25, 0.3) is 0 Å². The monoisotopic (exact) mass is 180 g/mol. The molecule has 13 heavy (non-hydrogen) atoms. The fourth-order valence-electron chi connectivity index (χ4n) is 1.60. The predicted octanol–water partition coefficient (Wildman–Crippen LogP) is 3.20. The molecule has 1 heteroatoms. The average molecular weight is 180 g/mol. The van der Waals surface area contributed by atoms with E-state index in [1.807, 2.05) is 6.08 Å². The van der Waals surface area contributed by atoms with Crippen molar-refractivity contribution in [2.24, 2.45) is 0 Å². The van der Waals surface area contributed by atoms with E-state index in [4.69, 9.17) is 0 Å². The van der Waals surface area contributed by atoms with Crippen LogP contribution in [0.5, 0.6) is 0 Å². The molecule has 0 saturated heterocycles. The lowest BCUT2D eigenvalue weighted by Crippen LogP contribution is -2.04. The van der Waals surface area contributed by atoms with Gasteiger partial charge in [-0.05, 0) is 25.7 Å². The first-order valence-corrected chi connectivity index (χ1v) is 5.39. The van der Waals surface area contributed by atoms with Crippen LogP contribution in [-0.2, 0) is 0 Å². The van der Waals surface area contributed by atoms with Crippen LogP contribution in [0.2, 0.25) is 0 Å². The van der Waals surface area contributed by atoms with Crippen molar-refractivity contribution < 1.29 is 5.11 Å². The van der Waals surface area contributed by atoms with E-state index in [1.165, 1.54) is 32.1 Å². The van der Waals surface area contributed by atoms with Crippen molar-refractivity contribution in [1.82, 2.24) is 0 Å². The van der Waals surface area contributed by atoms with E-state index in [1.54, 1.807) is 0 Å². The van der Waals surface area contributed by atoms with Gasteiger partial charge in [-0.2, -0.15) is 0 Å². The lowest BCUT2D eigenvalue weighted by molar-refractivity contribution is 0.163. The van der Waals surface area contributed by atoms with Gasteiger partial charge < -0.3 is 5.11 Å². The maximum absolute atomic E-state index is 9.52. The molecule has 1 aliphatic rings. The van der Waals surface area contributed by atoms with Crippen LogP contribution in [0.15, 0.2) is 24.3 Å². The summed E-state index contributed by atoms with van der Waals surface area (Å²) in [7, 11) is 0. The first kappa shape index (κ1) is 10.5. The van der Waals surface area contributed by atoms with Crippen LogP contribution in [0, 0.1) is 0 Å². The number of aliphatic hydroxyl groups is 1. The van der Waals surface area contributed by atoms with Gasteiger partial charge in [-0.3, -0.25) is 0 Å². The van der Waals surface area contributed by atoms with Gasteiger partial charge in [-0.15, -0.1) is 0 Å². The Bertz CT molecular complexity index is 170. The highest BCUT2D eigenvalue weighted by atomic mass is 16.3. The zero-order valence-corrected chi connectivity index (χ0v) is 8.28. The van der Waals surface area contributed by atoms with E-state index in [2.05, 4.69) is 18.2 Å². The SMILES string of the molecule is OC1C/C=C\C=C\CCCCCC1. The van der Waals surface area contributed by atoms with Gasteiger partial charge in [0.1, 0.15) is 0 Å². The Balaban J connectivity index is 2.31. The highest BCUT2D eigenvalue weighted by Gasteiger charge is 2.00. The summed E-state index contributed by atoms with van der Waals surface area (Å²) in [6.07, 6.45) is 16.3. The minimum Gasteiger partial charge on any atom is -0.393 e. The Hall–Kier alpha value is -0.560. The molecule has 0 spiro atoms. The summed E-state index contributed by atoms with van der Waals surface area (Å²) in [4.78, 5) is 0. The Kier molecular flexibility index (Phi) is 5.59. The summed E-state index contributed by atoms with van der Waals surface area (Å²) in [5, 5.41) is 9.52. The molecule has 0 fully saturated rings. The van der Waals surface area contributed by atoms with E-state index in [-0.39, 0.29) is 6.10 Å². The fraction of sp³-hybridized carbons (Fsp3) is 0.667. The molecule has 0 aromatic carbocycles. The molecule has 1 aliphatic carbocycles. The van der Waals surface area contributed by atoms with Gasteiger partial charge in [0.2, 0.25) is 0 Å². The Morgan fingerprint density at radius 3 is 2.62 bits per heavy atom. The van der Waals surface area contributed by atoms with Gasteiger partial charge in [0, 0.05) is 0 Å². The first-order chi connectivity index (χ1) is 6.39. The zero-order valence-electron chi connectivity index (χ0n) is 8.28. The molecular weight excluding hydrogens is 160 g/mol. The average Bonchev–Trinajstić information content (AvgIpc) is 2.11. The highest BCUT2D eigenvalue weighted by Crippen LogP contribution is 2.10. The van der Waals surface area contributed by atoms with Crippen LogP contribution in [0.4, 0.5) is 0 Å². The van der Waals surface area contributed by atoms with Gasteiger partial charge in [-0.25, -0.2) is 0 Å². The van der Waals surface area contributed by atoms with Crippen LogP contribution in [0.25, 0.3) is 0 Å². The summed E-state index contributed by atoms with van der Waals surface area (Å²) in [6, 6.07) is 0. The number of hydrogen-bond acceptors (Lipinski definition) is 1. The second-order valence-corrected chi connectivity index (χ2v) is 3.74. The number of allylic oxidation sites excluding steroid dienone is 3. The lowest BCUT2D eigenvalue weighted by Gasteiger charge is -2.07. The number of rotatable bonds is 0. The Morgan fingerprint density at radius 2 is 1.69 bits per heavy atom. The summed E-state index contributed by atoms with van der Waals surface area (Å²) < 4.78 is 0. The topological polar surface area (TPSA) is 20.2 Å². The zero-order chi connectivity index (χ0) is 9.36. The van der Waals surface area contributed by atoms with Crippen molar-refractivity contribution in [3.63, 3.8) is 0 Å². The van der Waals surface area contributed by atoms with Gasteiger partial charge >= 0.3 is 0 Å². The smallest absolute Gasteiger partial charge is 0.0574 e. The van der Waals surface area contributed by atoms with Crippen molar-refractivity contribution in [3.05, 3.63) is 24.3 Å². The molecule has 1 unspecified atom stereocenters. The molecule has 0 aliphatic heterocycles. The third-order valence-corrected chi connectivity index (χ3v) is 2.45. The van der Waals surface area contributed by atoms with Crippen LogP contribution < -0.4 is 0 Å². The van der Waals surface area contributed by atoms with Crippen LogP contribution >= 0.6 is 0 Å². The predicted molar refractivity (Wildman–Crippen MR) is 56.6 cm³/mol. The number of hydrogen-bond donors (Lipinski definition) is 1. The van der Waals surface area contributed by atoms with Gasteiger partial charge in [0.05, 0.1) is 6.10 Å². The summed E-state index contributed by atoms with van der Waals surface area (Å²) in [6.45, 7) is 0. The van der Waals surface area contributed by atoms with E-state index >= 15 is 0 Å². The van der Waals surface area contributed by atoms with Crippen molar-refractivity contribution in [2.75, 3.05) is 0 Å². The lowest BCUT2D eigenvalue weighted by atomic mass is 10.0. The summed E-state index contributed by atoms with van der Waals surface area (Å²) in [5.41, 5.74) is 0. The van der Waals surface area contributed by atoms with Crippen molar-refractivity contribution in [2.45, 2.75) is 51.0 Å². The quantitative estimate of drug-likeness (QED) is 0.607. The Labute approximate surface area is 81.2 Å². The highest BCUT2D eigenvalue weighted by molar-refractivity contribution is 5.02. The number of aliphatic hydroxyl groups excluding tert-OH is 1. The normalized spacial score (nSPS) is 31.3. The third-order valence-electron chi connectivity index (χ3n) is 2.45. The van der Waals surface area contributed by atoms with Gasteiger partial charge in [0.15, 0.2) is 0 Å². The van der Waals surface area contributed by atoms with Crippen LogP contribution in [0.3, 0.4) is 0 Å². The molecule has 1 N–H and O–H groups in total. The minimum absolute atomic E-state index is 0.121. The van der Waals surface area contributed by atoms with Crippen LogP contribution in [-0.4, -0.2) is 11.2 Å². The largest absolute Gasteiger partial charge is 0.393 e. The molecule has 1 atom stereocenters. The molecule has 74 valence electrons. The molecule has 1 nitrogen and oxygen atoms in total. The standard InChI is InChI=1S/C12H20O/c13-12-10-8-6-4-2-1-3-5-7-9-11-12/h2,4,6,8,12-13H,1,3,5,7,9-11H2/b4-2+,8-6-. The first-order valence-electron chi connectivity index (χ1n) is 5.39. The molecule has 1 rings (SSSR count). The van der Waals surface area contributed by atoms with E-state index in [0.717, 1.165) is 12.8 Å². The maximum Gasteiger partial charge on any atom is 0.0574 e.